The van der Waals surface area contributed by atoms with Crippen molar-refractivity contribution in [1.82, 2.24) is 0 Å². The highest BCUT2D eigenvalue weighted by Crippen LogP contribution is 2.34. The number of rotatable bonds is 8. The summed E-state index contributed by atoms with van der Waals surface area (Å²) in [4.78, 5) is 20.1. The molecule has 1 amide bonds. The quantitative estimate of drug-likeness (QED) is 0.250. The number of aliphatic imine (C=N–C) groups is 2. The van der Waals surface area contributed by atoms with Crippen LogP contribution in [-0.2, 0) is 4.79 Å². The molecule has 0 radical (unpaired) electrons. The van der Waals surface area contributed by atoms with E-state index in [2.05, 4.69) is 15.3 Å². The highest BCUT2D eigenvalue weighted by molar-refractivity contribution is 6.02. The lowest BCUT2D eigenvalue weighted by Crippen LogP contribution is -2.12. The average molecular weight is 345 g/mol. The molecule has 0 unspecified atom stereocenters. The van der Waals surface area contributed by atoms with Crippen LogP contribution >= 0.6 is 0 Å². The minimum atomic E-state index is -0.184. The molecule has 136 valence electrons. The third kappa shape index (κ3) is 7.63. The van der Waals surface area contributed by atoms with Crippen molar-refractivity contribution in [2.45, 2.75) is 39.5 Å². The summed E-state index contributed by atoms with van der Waals surface area (Å²) in [6.07, 6.45) is 6.54. The van der Waals surface area contributed by atoms with Gasteiger partial charge in [0.25, 0.3) is 0 Å². The SMILES string of the molecule is CC/C=C\C(C)=NC(N)=Nc1cccc(NC(=O)CCCCN)c1O. The Morgan fingerprint density at radius 2 is 2.12 bits per heavy atom. The first-order valence-corrected chi connectivity index (χ1v) is 8.35. The molecule has 0 atom stereocenters. The summed E-state index contributed by atoms with van der Waals surface area (Å²) in [5.41, 5.74) is 12.5. The highest BCUT2D eigenvalue weighted by Gasteiger charge is 2.10. The number of benzene rings is 1. The van der Waals surface area contributed by atoms with Crippen LogP contribution in [0.4, 0.5) is 11.4 Å². The average Bonchev–Trinajstić information content (AvgIpc) is 2.56. The zero-order valence-electron chi connectivity index (χ0n) is 14.8. The Hall–Kier alpha value is -2.67. The molecule has 1 aromatic rings. The largest absolute Gasteiger partial charge is 0.504 e. The molecule has 0 aliphatic carbocycles. The van der Waals surface area contributed by atoms with Crippen molar-refractivity contribution >= 4 is 29.0 Å². The van der Waals surface area contributed by atoms with E-state index in [4.69, 9.17) is 11.5 Å². The summed E-state index contributed by atoms with van der Waals surface area (Å²) in [5, 5.41) is 12.9. The summed E-state index contributed by atoms with van der Waals surface area (Å²) >= 11 is 0. The summed E-state index contributed by atoms with van der Waals surface area (Å²) in [6.45, 7) is 4.39. The Kier molecular flexibility index (Phi) is 8.95. The summed E-state index contributed by atoms with van der Waals surface area (Å²) < 4.78 is 0. The number of carbonyl (C=O) groups is 1. The first kappa shape index (κ1) is 20.4. The van der Waals surface area contributed by atoms with Crippen LogP contribution in [0.5, 0.6) is 5.75 Å². The molecule has 0 heterocycles. The van der Waals surface area contributed by atoms with Gasteiger partial charge in [-0.25, -0.2) is 9.98 Å². The number of aromatic hydroxyl groups is 1. The molecule has 7 heteroatoms. The number of hydrogen-bond donors (Lipinski definition) is 4. The number of phenols is 1. The van der Waals surface area contributed by atoms with E-state index >= 15 is 0 Å². The standard InChI is InChI=1S/C18H27N5O2/c1-3-4-8-13(2)21-18(20)23-15-10-7-9-14(17(15)25)22-16(24)11-5-6-12-19/h4,7-10,25H,3,5-6,11-12,19H2,1-2H3,(H2,20,23)(H,22,24)/b8-4-,21-13?. The molecule has 0 aliphatic rings. The fraction of sp³-hybridized carbons (Fsp3) is 0.389. The monoisotopic (exact) mass is 345 g/mol. The number of phenolic OH excluding ortho intramolecular Hbond substituents is 1. The van der Waals surface area contributed by atoms with Crippen LogP contribution in [0.25, 0.3) is 0 Å². The van der Waals surface area contributed by atoms with Gasteiger partial charge in [0.2, 0.25) is 11.9 Å². The number of allylic oxidation sites excluding steroid dienone is 2. The zero-order chi connectivity index (χ0) is 18.7. The number of nitrogens with one attached hydrogen (secondary N) is 1. The molecule has 6 N–H and O–H groups in total. The van der Waals surface area contributed by atoms with Crippen LogP contribution in [-0.4, -0.2) is 29.2 Å². The van der Waals surface area contributed by atoms with Gasteiger partial charge in [0, 0.05) is 12.1 Å². The maximum absolute atomic E-state index is 11.9. The number of amides is 1. The summed E-state index contributed by atoms with van der Waals surface area (Å²) in [5.74, 6) is -0.300. The second kappa shape index (κ2) is 11.0. The molecule has 0 spiro atoms. The zero-order valence-corrected chi connectivity index (χ0v) is 14.8. The third-order valence-electron chi connectivity index (χ3n) is 3.27. The van der Waals surface area contributed by atoms with Gasteiger partial charge < -0.3 is 21.9 Å². The number of nitrogens with zero attached hydrogens (tertiary/aromatic N) is 2. The van der Waals surface area contributed by atoms with Crippen LogP contribution in [0.3, 0.4) is 0 Å². The van der Waals surface area contributed by atoms with Gasteiger partial charge in [0.05, 0.1) is 5.69 Å². The Morgan fingerprint density at radius 3 is 2.80 bits per heavy atom. The smallest absolute Gasteiger partial charge is 0.224 e. The van der Waals surface area contributed by atoms with Crippen molar-refractivity contribution in [1.29, 1.82) is 0 Å². The van der Waals surface area contributed by atoms with Crippen molar-refractivity contribution in [2.75, 3.05) is 11.9 Å². The second-order valence-electron chi connectivity index (χ2n) is 5.50. The van der Waals surface area contributed by atoms with Crippen LogP contribution in [0.15, 0.2) is 40.3 Å². The molecule has 0 aliphatic heterocycles. The number of anilines is 1. The molecule has 25 heavy (non-hydrogen) atoms. The molecule has 0 fully saturated rings. The van der Waals surface area contributed by atoms with E-state index in [1.165, 1.54) is 0 Å². The van der Waals surface area contributed by atoms with Crippen LogP contribution in [0.2, 0.25) is 0 Å². The van der Waals surface area contributed by atoms with Crippen LogP contribution in [0.1, 0.15) is 39.5 Å². The van der Waals surface area contributed by atoms with Gasteiger partial charge in [-0.05, 0) is 50.9 Å². The maximum atomic E-state index is 11.9. The molecule has 1 rings (SSSR count). The summed E-state index contributed by atoms with van der Waals surface area (Å²) in [7, 11) is 0. The van der Waals surface area contributed by atoms with E-state index in [0.29, 0.717) is 30.8 Å². The van der Waals surface area contributed by atoms with Crippen molar-refractivity contribution in [3.63, 3.8) is 0 Å². The molecule has 0 aromatic heterocycles. The third-order valence-corrected chi connectivity index (χ3v) is 3.27. The van der Waals surface area contributed by atoms with E-state index in [9.17, 15) is 9.90 Å². The van der Waals surface area contributed by atoms with Gasteiger partial charge in [-0.1, -0.05) is 19.1 Å². The van der Waals surface area contributed by atoms with E-state index in [1.54, 1.807) is 18.2 Å². The Labute approximate surface area is 148 Å². The van der Waals surface area contributed by atoms with E-state index in [-0.39, 0.29) is 23.3 Å². The van der Waals surface area contributed by atoms with Gasteiger partial charge in [-0.2, -0.15) is 0 Å². The first-order chi connectivity index (χ1) is 12.0. The van der Waals surface area contributed by atoms with E-state index in [0.717, 1.165) is 12.8 Å². The van der Waals surface area contributed by atoms with Crippen molar-refractivity contribution < 1.29 is 9.90 Å². The molecule has 0 saturated heterocycles. The van der Waals surface area contributed by atoms with E-state index in [1.807, 2.05) is 26.0 Å². The number of nitrogens with two attached hydrogens (primary N) is 2. The number of hydrogen-bond acceptors (Lipinski definition) is 4. The number of unbranched alkanes of at least 4 members (excludes halogenated alkanes) is 1. The normalized spacial score (nSPS) is 12.6. The number of guanidine groups is 1. The van der Waals surface area contributed by atoms with Crippen LogP contribution < -0.4 is 16.8 Å². The molecule has 0 saturated carbocycles. The van der Waals surface area contributed by atoms with Crippen molar-refractivity contribution in [2.24, 2.45) is 21.5 Å². The van der Waals surface area contributed by atoms with Crippen molar-refractivity contribution in [3.05, 3.63) is 30.4 Å². The Bertz CT molecular complexity index is 665. The van der Waals surface area contributed by atoms with Crippen molar-refractivity contribution in [3.8, 4) is 5.75 Å². The molecular weight excluding hydrogens is 318 g/mol. The van der Waals surface area contributed by atoms with Gasteiger partial charge in [-0.15, -0.1) is 0 Å². The molecule has 1 aromatic carbocycles. The summed E-state index contributed by atoms with van der Waals surface area (Å²) in [6, 6.07) is 4.87. The lowest BCUT2D eigenvalue weighted by Gasteiger charge is -2.09. The minimum absolute atomic E-state index is 0.0278. The highest BCUT2D eigenvalue weighted by atomic mass is 16.3. The fourth-order valence-electron chi connectivity index (χ4n) is 2.02. The van der Waals surface area contributed by atoms with Gasteiger partial charge in [0.15, 0.2) is 5.75 Å². The lowest BCUT2D eigenvalue weighted by atomic mass is 10.2. The van der Waals surface area contributed by atoms with E-state index < -0.39 is 0 Å². The van der Waals surface area contributed by atoms with Gasteiger partial charge in [-0.3, -0.25) is 4.79 Å². The second-order valence-corrected chi connectivity index (χ2v) is 5.50. The molecule has 7 nitrogen and oxygen atoms in total. The van der Waals surface area contributed by atoms with Crippen LogP contribution in [0, 0.1) is 0 Å². The Balaban J connectivity index is 2.87. The maximum Gasteiger partial charge on any atom is 0.224 e. The number of para-hydroxylation sites is 1. The predicted octanol–water partition coefficient (Wildman–Crippen LogP) is 2.83. The first-order valence-electron chi connectivity index (χ1n) is 8.35. The number of carbonyl (C=O) groups excluding carboxylic acids is 1. The van der Waals surface area contributed by atoms with Gasteiger partial charge in [0.1, 0.15) is 5.69 Å². The lowest BCUT2D eigenvalue weighted by molar-refractivity contribution is -0.116. The molecule has 0 bridgehead atoms. The minimum Gasteiger partial charge on any atom is -0.504 e. The fourth-order valence-corrected chi connectivity index (χ4v) is 2.02. The topological polar surface area (TPSA) is 126 Å². The molecular formula is C18H27N5O2. The van der Waals surface area contributed by atoms with Gasteiger partial charge >= 0.3 is 0 Å². The predicted molar refractivity (Wildman–Crippen MR) is 103 cm³/mol. The Morgan fingerprint density at radius 1 is 1.36 bits per heavy atom.